The van der Waals surface area contributed by atoms with E-state index < -0.39 is 5.60 Å². The van der Waals surface area contributed by atoms with Gasteiger partial charge in [0.2, 0.25) is 0 Å². The molecule has 0 spiro atoms. The Morgan fingerprint density at radius 3 is 2.45 bits per heavy atom. The zero-order valence-corrected chi connectivity index (χ0v) is 12.6. The van der Waals surface area contributed by atoms with E-state index in [2.05, 4.69) is 15.1 Å². The van der Waals surface area contributed by atoms with E-state index in [4.69, 9.17) is 4.74 Å². The van der Waals surface area contributed by atoms with Crippen molar-refractivity contribution < 1.29 is 9.53 Å². The molecule has 1 amide bonds. The lowest BCUT2D eigenvalue weighted by molar-refractivity contribution is 0.0240. The van der Waals surface area contributed by atoms with Crippen LogP contribution in [0.3, 0.4) is 0 Å². The molecule has 0 N–H and O–H groups in total. The minimum absolute atomic E-state index is 0.235. The van der Waals surface area contributed by atoms with Gasteiger partial charge in [-0.05, 0) is 33.8 Å². The summed E-state index contributed by atoms with van der Waals surface area (Å²) in [4.78, 5) is 15.9. The number of ether oxygens (including phenoxy) is 1. The van der Waals surface area contributed by atoms with Gasteiger partial charge in [0.15, 0.2) is 0 Å². The molecule has 110 valence electrons. The Labute approximate surface area is 119 Å². The van der Waals surface area contributed by atoms with E-state index in [0.29, 0.717) is 13.1 Å². The lowest BCUT2D eigenvalue weighted by Crippen LogP contribution is -2.50. The lowest BCUT2D eigenvalue weighted by Gasteiger charge is -2.36. The van der Waals surface area contributed by atoms with E-state index in [1.165, 1.54) is 0 Å². The maximum Gasteiger partial charge on any atom is 0.410 e. The normalized spacial score (nSPS) is 16.2. The third kappa shape index (κ3) is 3.82. The number of hydrogen-bond acceptors (Lipinski definition) is 5. The summed E-state index contributed by atoms with van der Waals surface area (Å²) in [5.74, 6) is 0. The van der Waals surface area contributed by atoms with Crippen molar-refractivity contribution in [2.45, 2.75) is 33.3 Å². The quantitative estimate of drug-likeness (QED) is 0.784. The number of carbonyl (C=O) groups is 1. The van der Waals surface area contributed by atoms with E-state index in [-0.39, 0.29) is 6.09 Å². The van der Waals surface area contributed by atoms with Crippen molar-refractivity contribution in [2.24, 2.45) is 0 Å². The highest BCUT2D eigenvalue weighted by Crippen LogP contribution is 2.17. The summed E-state index contributed by atoms with van der Waals surface area (Å²) in [6, 6.07) is 2.01. The molecule has 1 saturated heterocycles. The van der Waals surface area contributed by atoms with Crippen LogP contribution in [-0.2, 0) is 4.74 Å². The maximum atomic E-state index is 12.0. The van der Waals surface area contributed by atoms with E-state index in [9.17, 15) is 4.79 Å². The van der Waals surface area contributed by atoms with Gasteiger partial charge in [0, 0.05) is 26.2 Å². The summed E-state index contributed by atoms with van der Waals surface area (Å²) in [5.41, 5.74) is 1.51. The van der Waals surface area contributed by atoms with Crippen LogP contribution in [0.25, 0.3) is 0 Å². The molecule has 1 aliphatic heterocycles. The molecule has 0 aliphatic carbocycles. The highest BCUT2D eigenvalue weighted by atomic mass is 16.6. The standard InChI is InChI=1S/C14H22N4O2/c1-11-9-12(10-15-16-11)17-5-7-18(8-6-17)13(19)20-14(2,3)4/h9-10H,5-8H2,1-4H3. The fourth-order valence-electron chi connectivity index (χ4n) is 2.11. The molecule has 0 bridgehead atoms. The molecule has 1 aromatic heterocycles. The van der Waals surface area contributed by atoms with Gasteiger partial charge in [0.1, 0.15) is 5.60 Å². The molecular weight excluding hydrogens is 256 g/mol. The van der Waals surface area contributed by atoms with E-state index in [1.54, 1.807) is 11.1 Å². The average molecular weight is 278 g/mol. The molecule has 2 heterocycles. The second-order valence-electron chi connectivity index (χ2n) is 6.01. The summed E-state index contributed by atoms with van der Waals surface area (Å²) in [5, 5.41) is 7.92. The van der Waals surface area contributed by atoms with Crippen LogP contribution in [0.1, 0.15) is 26.5 Å². The van der Waals surface area contributed by atoms with Crippen LogP contribution in [0.4, 0.5) is 10.5 Å². The van der Waals surface area contributed by atoms with Gasteiger partial charge in [-0.1, -0.05) is 0 Å². The summed E-state index contributed by atoms with van der Waals surface area (Å²) in [6.45, 7) is 10.5. The Balaban J connectivity index is 1.91. The SMILES string of the molecule is Cc1cc(N2CCN(C(=O)OC(C)(C)C)CC2)cnn1. The smallest absolute Gasteiger partial charge is 0.410 e. The molecule has 1 fully saturated rings. The highest BCUT2D eigenvalue weighted by molar-refractivity contribution is 5.68. The zero-order valence-electron chi connectivity index (χ0n) is 12.6. The Hall–Kier alpha value is -1.85. The number of hydrogen-bond donors (Lipinski definition) is 0. The van der Waals surface area contributed by atoms with Gasteiger partial charge in [0.25, 0.3) is 0 Å². The van der Waals surface area contributed by atoms with Crippen molar-refractivity contribution in [3.8, 4) is 0 Å². The predicted molar refractivity (Wildman–Crippen MR) is 76.8 cm³/mol. The molecule has 1 aliphatic rings. The van der Waals surface area contributed by atoms with Crippen LogP contribution in [0.15, 0.2) is 12.3 Å². The topological polar surface area (TPSA) is 58.6 Å². The third-order valence-corrected chi connectivity index (χ3v) is 3.06. The molecule has 6 heteroatoms. The number of anilines is 1. The summed E-state index contributed by atoms with van der Waals surface area (Å²) in [6.07, 6.45) is 1.53. The Bertz CT molecular complexity index is 476. The number of carbonyl (C=O) groups excluding carboxylic acids is 1. The Morgan fingerprint density at radius 1 is 1.25 bits per heavy atom. The predicted octanol–water partition coefficient (Wildman–Crippen LogP) is 1.84. The van der Waals surface area contributed by atoms with Gasteiger partial charge in [-0.3, -0.25) is 0 Å². The number of piperazine rings is 1. The Kier molecular flexibility index (Phi) is 4.11. The number of nitrogens with zero attached hydrogens (tertiary/aromatic N) is 4. The average Bonchev–Trinajstić information content (AvgIpc) is 2.37. The molecule has 2 rings (SSSR count). The van der Waals surface area contributed by atoms with Crippen molar-refractivity contribution in [3.63, 3.8) is 0 Å². The minimum atomic E-state index is -0.444. The second-order valence-corrected chi connectivity index (χ2v) is 6.01. The number of amides is 1. The van der Waals surface area contributed by atoms with Crippen LogP contribution in [-0.4, -0.2) is 53.0 Å². The maximum absolute atomic E-state index is 12.0. The van der Waals surface area contributed by atoms with Crippen molar-refractivity contribution in [3.05, 3.63) is 18.0 Å². The summed E-state index contributed by atoms with van der Waals surface area (Å²) >= 11 is 0. The summed E-state index contributed by atoms with van der Waals surface area (Å²) < 4.78 is 5.38. The molecule has 0 unspecified atom stereocenters. The first-order valence-corrected chi connectivity index (χ1v) is 6.87. The van der Waals surface area contributed by atoms with Crippen LogP contribution >= 0.6 is 0 Å². The van der Waals surface area contributed by atoms with Crippen molar-refractivity contribution in [2.75, 3.05) is 31.1 Å². The first-order valence-electron chi connectivity index (χ1n) is 6.87. The van der Waals surface area contributed by atoms with Crippen molar-refractivity contribution in [1.82, 2.24) is 15.1 Å². The molecule has 0 aromatic carbocycles. The van der Waals surface area contributed by atoms with E-state index >= 15 is 0 Å². The molecular formula is C14H22N4O2. The first-order chi connectivity index (χ1) is 9.35. The van der Waals surface area contributed by atoms with Crippen molar-refractivity contribution in [1.29, 1.82) is 0 Å². The lowest BCUT2D eigenvalue weighted by atomic mass is 10.2. The second kappa shape index (κ2) is 5.64. The van der Waals surface area contributed by atoms with Gasteiger partial charge in [-0.15, -0.1) is 0 Å². The van der Waals surface area contributed by atoms with Gasteiger partial charge in [-0.25, -0.2) is 4.79 Å². The fourth-order valence-corrected chi connectivity index (χ4v) is 2.11. The van der Waals surface area contributed by atoms with Gasteiger partial charge in [0.05, 0.1) is 17.6 Å². The van der Waals surface area contributed by atoms with Gasteiger partial charge < -0.3 is 14.5 Å². The van der Waals surface area contributed by atoms with Crippen LogP contribution in [0.5, 0.6) is 0 Å². The third-order valence-electron chi connectivity index (χ3n) is 3.06. The monoisotopic (exact) mass is 278 g/mol. The first kappa shape index (κ1) is 14.6. The fraction of sp³-hybridized carbons (Fsp3) is 0.643. The van der Waals surface area contributed by atoms with Crippen LogP contribution in [0.2, 0.25) is 0 Å². The zero-order chi connectivity index (χ0) is 14.8. The van der Waals surface area contributed by atoms with E-state index in [0.717, 1.165) is 24.5 Å². The summed E-state index contributed by atoms with van der Waals surface area (Å²) in [7, 11) is 0. The van der Waals surface area contributed by atoms with E-state index in [1.807, 2.05) is 33.8 Å². The molecule has 0 saturated carbocycles. The van der Waals surface area contributed by atoms with Crippen LogP contribution in [0, 0.1) is 6.92 Å². The number of rotatable bonds is 1. The molecule has 0 atom stereocenters. The minimum Gasteiger partial charge on any atom is -0.444 e. The Morgan fingerprint density at radius 2 is 1.90 bits per heavy atom. The molecule has 1 aromatic rings. The number of aryl methyl sites for hydroxylation is 1. The molecule has 6 nitrogen and oxygen atoms in total. The van der Waals surface area contributed by atoms with Crippen LogP contribution < -0.4 is 4.90 Å². The molecule has 0 radical (unpaired) electrons. The number of aromatic nitrogens is 2. The molecule has 20 heavy (non-hydrogen) atoms. The van der Waals surface area contributed by atoms with Crippen molar-refractivity contribution >= 4 is 11.8 Å². The van der Waals surface area contributed by atoms with Gasteiger partial charge >= 0.3 is 6.09 Å². The van der Waals surface area contributed by atoms with Gasteiger partial charge in [-0.2, -0.15) is 10.2 Å². The highest BCUT2D eigenvalue weighted by Gasteiger charge is 2.26. The largest absolute Gasteiger partial charge is 0.444 e.